The van der Waals surface area contributed by atoms with Crippen LogP contribution in [0.1, 0.15) is 16.2 Å². The Balaban J connectivity index is 2.06. The first-order valence-corrected chi connectivity index (χ1v) is 8.09. The van der Waals surface area contributed by atoms with Crippen molar-refractivity contribution in [3.63, 3.8) is 0 Å². The van der Waals surface area contributed by atoms with Gasteiger partial charge in [0.25, 0.3) is 5.91 Å². The van der Waals surface area contributed by atoms with Gasteiger partial charge in [-0.1, -0.05) is 29.8 Å². The molecule has 2 aromatic carbocycles. The molecule has 5 nitrogen and oxygen atoms in total. The second-order valence-corrected chi connectivity index (χ2v) is 6.25. The molecule has 0 fully saturated rings. The number of carbonyl (C=O) groups excluding carboxylic acids is 1. The summed E-state index contributed by atoms with van der Waals surface area (Å²) in [5.74, 6) is -1.07. The van der Waals surface area contributed by atoms with Gasteiger partial charge in [-0.05, 0) is 24.3 Å². The first kappa shape index (κ1) is 17.3. The summed E-state index contributed by atoms with van der Waals surface area (Å²) < 4.78 is 40.0. The zero-order valence-corrected chi connectivity index (χ0v) is 14.2. The molecule has 0 radical (unpaired) electrons. The Morgan fingerprint density at radius 3 is 2.52 bits per heavy atom. The van der Waals surface area contributed by atoms with Crippen molar-refractivity contribution in [3.05, 3.63) is 58.9 Å². The number of alkyl halides is 3. The van der Waals surface area contributed by atoms with Gasteiger partial charge >= 0.3 is 6.18 Å². The van der Waals surface area contributed by atoms with E-state index in [-0.39, 0.29) is 33.1 Å². The number of aromatic nitrogens is 3. The fourth-order valence-electron chi connectivity index (χ4n) is 2.94. The third-order valence-corrected chi connectivity index (χ3v) is 4.45. The van der Waals surface area contributed by atoms with Crippen LogP contribution < -0.4 is 5.73 Å². The molecule has 0 unspecified atom stereocenters. The third-order valence-electron chi connectivity index (χ3n) is 4.12. The maximum atomic E-state index is 13.3. The molecule has 0 spiro atoms. The zero-order valence-electron chi connectivity index (χ0n) is 13.4. The minimum absolute atomic E-state index is 0.159. The van der Waals surface area contributed by atoms with E-state index in [4.69, 9.17) is 17.3 Å². The normalized spacial score (nSPS) is 12.0. The van der Waals surface area contributed by atoms with Gasteiger partial charge in [-0.15, -0.1) is 0 Å². The fourth-order valence-corrected chi connectivity index (χ4v) is 3.15. The van der Waals surface area contributed by atoms with Gasteiger partial charge in [0.2, 0.25) is 5.82 Å². The van der Waals surface area contributed by atoms with E-state index < -0.39 is 17.6 Å². The molecular formula is C18H10ClF3N4O. The number of primary amides is 1. The molecule has 0 aliphatic heterocycles. The number of nitrogens with zero attached hydrogens (tertiary/aromatic N) is 2. The summed E-state index contributed by atoms with van der Waals surface area (Å²) in [6, 6.07) is 10.4. The lowest BCUT2D eigenvalue weighted by atomic mass is 10.1. The van der Waals surface area contributed by atoms with Gasteiger partial charge in [0.05, 0.1) is 28.0 Å². The van der Waals surface area contributed by atoms with Crippen molar-refractivity contribution in [2.45, 2.75) is 6.18 Å². The van der Waals surface area contributed by atoms with E-state index in [1.54, 1.807) is 24.3 Å². The van der Waals surface area contributed by atoms with Crippen LogP contribution in [0.2, 0.25) is 5.02 Å². The minimum atomic E-state index is -4.56. The van der Waals surface area contributed by atoms with Gasteiger partial charge in [-0.25, -0.2) is 9.97 Å². The van der Waals surface area contributed by atoms with Crippen LogP contribution in [-0.2, 0) is 6.18 Å². The summed E-state index contributed by atoms with van der Waals surface area (Å²) in [6.45, 7) is 0. The molecule has 0 aliphatic carbocycles. The Morgan fingerprint density at radius 1 is 1.07 bits per heavy atom. The number of carbonyl (C=O) groups is 1. The molecule has 0 bridgehead atoms. The van der Waals surface area contributed by atoms with Crippen LogP contribution in [0.3, 0.4) is 0 Å². The molecule has 2 heterocycles. The van der Waals surface area contributed by atoms with Crippen LogP contribution in [0, 0.1) is 0 Å². The van der Waals surface area contributed by atoms with Crippen LogP contribution in [0.4, 0.5) is 13.2 Å². The van der Waals surface area contributed by atoms with E-state index >= 15 is 0 Å². The number of aromatic amines is 1. The summed E-state index contributed by atoms with van der Waals surface area (Å²) >= 11 is 6.09. The van der Waals surface area contributed by atoms with Crippen molar-refractivity contribution in [3.8, 4) is 11.4 Å². The Bertz CT molecular complexity index is 1220. The SMILES string of the molecule is NC(=O)c1nc(-c2cc3c(Cl)ccc(C(F)(F)F)c3[nH]2)c2ccccc2n1. The van der Waals surface area contributed by atoms with Crippen molar-refractivity contribution in [1.82, 2.24) is 15.0 Å². The molecule has 0 saturated carbocycles. The van der Waals surface area contributed by atoms with E-state index in [0.29, 0.717) is 10.9 Å². The molecular weight excluding hydrogens is 381 g/mol. The quantitative estimate of drug-likeness (QED) is 0.526. The molecule has 0 saturated heterocycles. The molecule has 1 amide bonds. The highest BCUT2D eigenvalue weighted by Gasteiger charge is 2.34. The molecule has 9 heteroatoms. The van der Waals surface area contributed by atoms with Gasteiger partial charge in [-0.3, -0.25) is 4.79 Å². The summed E-state index contributed by atoms with van der Waals surface area (Å²) in [7, 11) is 0. The van der Waals surface area contributed by atoms with Crippen LogP contribution in [0.5, 0.6) is 0 Å². The Morgan fingerprint density at radius 2 is 1.81 bits per heavy atom. The van der Waals surface area contributed by atoms with E-state index in [0.717, 1.165) is 6.07 Å². The number of H-pyrrole nitrogens is 1. The number of benzene rings is 2. The highest BCUT2D eigenvalue weighted by molar-refractivity contribution is 6.35. The number of halogens is 4. The number of hydrogen-bond acceptors (Lipinski definition) is 3. The fraction of sp³-hybridized carbons (Fsp3) is 0.0556. The van der Waals surface area contributed by atoms with Crippen LogP contribution in [0.15, 0.2) is 42.5 Å². The van der Waals surface area contributed by atoms with Gasteiger partial charge in [0.1, 0.15) is 0 Å². The second-order valence-electron chi connectivity index (χ2n) is 5.84. The lowest BCUT2D eigenvalue weighted by molar-refractivity contribution is -0.136. The smallest absolute Gasteiger partial charge is 0.363 e. The van der Waals surface area contributed by atoms with Crippen molar-refractivity contribution in [1.29, 1.82) is 0 Å². The average molecular weight is 391 g/mol. The number of amides is 1. The third kappa shape index (κ3) is 2.87. The van der Waals surface area contributed by atoms with E-state index in [9.17, 15) is 18.0 Å². The van der Waals surface area contributed by atoms with Gasteiger partial charge in [0, 0.05) is 15.8 Å². The Hall–Kier alpha value is -3.13. The van der Waals surface area contributed by atoms with Gasteiger partial charge in [-0.2, -0.15) is 13.2 Å². The first-order chi connectivity index (χ1) is 12.8. The largest absolute Gasteiger partial charge is 0.418 e. The maximum Gasteiger partial charge on any atom is 0.418 e. The Kier molecular flexibility index (Phi) is 3.81. The summed E-state index contributed by atoms with van der Waals surface area (Å²) in [5, 5.41) is 0.914. The number of nitrogens with one attached hydrogen (secondary N) is 1. The zero-order chi connectivity index (χ0) is 19.3. The predicted octanol–water partition coefficient (Wildman–Crippen LogP) is 4.55. The van der Waals surface area contributed by atoms with E-state index in [1.165, 1.54) is 12.1 Å². The molecule has 3 N–H and O–H groups in total. The molecule has 0 atom stereocenters. The average Bonchev–Trinajstić information content (AvgIpc) is 3.05. The van der Waals surface area contributed by atoms with Gasteiger partial charge < -0.3 is 10.7 Å². The number of para-hydroxylation sites is 1. The minimum Gasteiger partial charge on any atom is -0.363 e. The molecule has 0 aliphatic rings. The maximum absolute atomic E-state index is 13.3. The highest BCUT2D eigenvalue weighted by Crippen LogP contribution is 2.39. The van der Waals surface area contributed by atoms with Crippen molar-refractivity contribution in [2.75, 3.05) is 0 Å². The topological polar surface area (TPSA) is 84.7 Å². The molecule has 2 aromatic heterocycles. The number of fused-ring (bicyclic) bond motifs is 2. The summed E-state index contributed by atoms with van der Waals surface area (Å²) in [5.41, 5.74) is 5.25. The monoisotopic (exact) mass is 390 g/mol. The van der Waals surface area contributed by atoms with Crippen molar-refractivity contribution in [2.24, 2.45) is 5.73 Å². The van der Waals surface area contributed by atoms with Crippen LogP contribution >= 0.6 is 11.6 Å². The second kappa shape index (κ2) is 5.95. The molecule has 4 aromatic rings. The molecule has 4 rings (SSSR count). The Labute approximate surface area is 155 Å². The molecule has 27 heavy (non-hydrogen) atoms. The number of rotatable bonds is 2. The summed E-state index contributed by atoms with van der Waals surface area (Å²) in [6.07, 6.45) is -4.56. The first-order valence-electron chi connectivity index (χ1n) is 7.71. The van der Waals surface area contributed by atoms with E-state index in [1.807, 2.05) is 0 Å². The highest BCUT2D eigenvalue weighted by atomic mass is 35.5. The van der Waals surface area contributed by atoms with Crippen LogP contribution in [-0.4, -0.2) is 20.9 Å². The summed E-state index contributed by atoms with van der Waals surface area (Å²) in [4.78, 5) is 22.5. The number of hydrogen-bond donors (Lipinski definition) is 2. The van der Waals surface area contributed by atoms with Gasteiger partial charge in [0.15, 0.2) is 0 Å². The van der Waals surface area contributed by atoms with Crippen LogP contribution in [0.25, 0.3) is 33.2 Å². The lowest BCUT2D eigenvalue weighted by Gasteiger charge is -2.08. The van der Waals surface area contributed by atoms with Crippen molar-refractivity contribution < 1.29 is 18.0 Å². The molecule has 136 valence electrons. The lowest BCUT2D eigenvalue weighted by Crippen LogP contribution is -2.15. The number of nitrogens with two attached hydrogens (primary N) is 1. The van der Waals surface area contributed by atoms with Crippen molar-refractivity contribution >= 4 is 39.3 Å². The van der Waals surface area contributed by atoms with E-state index in [2.05, 4.69) is 15.0 Å². The standard InChI is InChI=1S/C18H10ClF3N4O/c19-11-6-5-10(18(20,21)22)14-9(11)7-13(24-14)15-8-3-1-2-4-12(8)25-17(26-15)16(23)27/h1-7,24H,(H2,23,27). The predicted molar refractivity (Wildman–Crippen MR) is 95.4 cm³/mol.